The molecule has 0 aromatic heterocycles. The molecule has 30 heavy (non-hydrogen) atoms. The molecule has 0 saturated carbocycles. The molecule has 0 fully saturated rings. The fourth-order valence-electron chi connectivity index (χ4n) is 2.96. The number of rotatable bonds is 11. The lowest BCUT2D eigenvalue weighted by molar-refractivity contribution is -0.385. The number of aryl methyl sites for hydroxylation is 1. The molecule has 160 valence electrons. The second kappa shape index (κ2) is 11.7. The number of ether oxygens (including phenoxy) is 2. The summed E-state index contributed by atoms with van der Waals surface area (Å²) >= 11 is 0. The molecule has 0 aliphatic carbocycles. The first-order valence-corrected chi connectivity index (χ1v) is 10.1. The minimum absolute atomic E-state index is 0.0357. The Hall–Kier alpha value is -3.22. The van der Waals surface area contributed by atoms with E-state index in [4.69, 9.17) is 9.47 Å². The zero-order chi connectivity index (χ0) is 21.9. The van der Waals surface area contributed by atoms with Crippen molar-refractivity contribution in [1.29, 1.82) is 0 Å². The van der Waals surface area contributed by atoms with Crippen LogP contribution in [0.15, 0.2) is 42.5 Å². The lowest BCUT2D eigenvalue weighted by atomic mass is 10.1. The summed E-state index contributed by atoms with van der Waals surface area (Å²) in [5, 5.41) is 11.1. The average Bonchev–Trinajstić information content (AvgIpc) is 2.75. The maximum atomic E-state index is 12.5. The van der Waals surface area contributed by atoms with Gasteiger partial charge in [0.15, 0.2) is 0 Å². The Kier molecular flexibility index (Phi) is 9.00. The average molecular weight is 413 g/mol. The van der Waals surface area contributed by atoms with E-state index in [-0.39, 0.29) is 23.4 Å². The highest BCUT2D eigenvalue weighted by Gasteiger charge is 2.19. The highest BCUT2D eigenvalue weighted by molar-refractivity contribution is 6.03. The minimum atomic E-state index is -0.686. The monoisotopic (exact) mass is 413 g/mol. The SMILES string of the molecule is CCCCCCCOC(=O)c1ccccc1C(=O)OCc1ccc(C)c([N+](=O)[O-])c1. The summed E-state index contributed by atoms with van der Waals surface area (Å²) in [6.07, 6.45) is 5.18. The largest absolute Gasteiger partial charge is 0.462 e. The van der Waals surface area contributed by atoms with Crippen molar-refractivity contribution >= 4 is 17.6 Å². The maximum absolute atomic E-state index is 12.5. The summed E-state index contributed by atoms with van der Waals surface area (Å²) in [4.78, 5) is 35.5. The van der Waals surface area contributed by atoms with Crippen molar-refractivity contribution in [2.24, 2.45) is 0 Å². The van der Waals surface area contributed by atoms with E-state index in [2.05, 4.69) is 6.92 Å². The quantitative estimate of drug-likeness (QED) is 0.212. The Bertz CT molecular complexity index is 893. The van der Waals surface area contributed by atoms with Crippen molar-refractivity contribution in [3.8, 4) is 0 Å². The van der Waals surface area contributed by atoms with Gasteiger partial charge in [-0.1, -0.05) is 56.9 Å². The van der Waals surface area contributed by atoms with Gasteiger partial charge in [-0.25, -0.2) is 9.59 Å². The molecule has 0 atom stereocenters. The van der Waals surface area contributed by atoms with Gasteiger partial charge in [0.05, 0.1) is 22.7 Å². The number of carbonyl (C=O) groups is 2. The van der Waals surface area contributed by atoms with Crippen molar-refractivity contribution in [3.63, 3.8) is 0 Å². The van der Waals surface area contributed by atoms with Crippen molar-refractivity contribution in [2.75, 3.05) is 6.61 Å². The van der Waals surface area contributed by atoms with Gasteiger partial charge in [0.25, 0.3) is 5.69 Å². The molecule has 0 amide bonds. The lowest BCUT2D eigenvalue weighted by Crippen LogP contribution is -2.14. The Morgan fingerprint density at radius 1 is 0.933 bits per heavy atom. The molecule has 0 spiro atoms. The topological polar surface area (TPSA) is 95.7 Å². The number of unbranched alkanes of at least 4 members (excludes halogenated alkanes) is 4. The van der Waals surface area contributed by atoms with Gasteiger partial charge in [-0.05, 0) is 31.0 Å². The molecule has 2 aromatic rings. The molecular weight excluding hydrogens is 386 g/mol. The molecule has 0 bridgehead atoms. The summed E-state index contributed by atoms with van der Waals surface area (Å²) in [7, 11) is 0. The molecule has 0 aliphatic heterocycles. The van der Waals surface area contributed by atoms with Crippen LogP contribution in [0.1, 0.15) is 70.9 Å². The van der Waals surface area contributed by atoms with Gasteiger partial charge in [0.2, 0.25) is 0 Å². The van der Waals surface area contributed by atoms with Gasteiger partial charge in [0.1, 0.15) is 6.61 Å². The molecular formula is C23H27NO6. The first-order chi connectivity index (χ1) is 14.4. The fraction of sp³-hybridized carbons (Fsp3) is 0.391. The number of nitro benzene ring substituents is 1. The number of hydrogen-bond acceptors (Lipinski definition) is 6. The smallest absolute Gasteiger partial charge is 0.339 e. The Morgan fingerprint density at radius 2 is 1.57 bits per heavy atom. The fourth-order valence-corrected chi connectivity index (χ4v) is 2.96. The molecule has 7 nitrogen and oxygen atoms in total. The van der Waals surface area contributed by atoms with E-state index in [9.17, 15) is 19.7 Å². The van der Waals surface area contributed by atoms with E-state index >= 15 is 0 Å². The molecule has 2 rings (SSSR count). The van der Waals surface area contributed by atoms with Crippen molar-refractivity contribution in [3.05, 3.63) is 74.8 Å². The normalized spacial score (nSPS) is 10.5. The molecule has 0 aliphatic rings. The third-order valence-electron chi connectivity index (χ3n) is 4.69. The number of carbonyl (C=O) groups excluding carboxylic acids is 2. The highest BCUT2D eigenvalue weighted by Crippen LogP contribution is 2.20. The third kappa shape index (κ3) is 6.69. The second-order valence-electron chi connectivity index (χ2n) is 7.05. The predicted molar refractivity (Wildman–Crippen MR) is 112 cm³/mol. The van der Waals surface area contributed by atoms with Crippen LogP contribution < -0.4 is 0 Å². The number of hydrogen-bond donors (Lipinski definition) is 0. The zero-order valence-electron chi connectivity index (χ0n) is 17.4. The van der Waals surface area contributed by atoms with Crippen LogP contribution in [0.5, 0.6) is 0 Å². The van der Waals surface area contributed by atoms with Crippen LogP contribution in [0.25, 0.3) is 0 Å². The Morgan fingerprint density at radius 3 is 2.20 bits per heavy atom. The molecule has 0 unspecified atom stereocenters. The first kappa shape index (κ1) is 23.1. The van der Waals surface area contributed by atoms with Crippen LogP contribution in [-0.4, -0.2) is 23.5 Å². The van der Waals surface area contributed by atoms with E-state index in [0.717, 1.165) is 32.1 Å². The van der Waals surface area contributed by atoms with Crippen molar-refractivity contribution in [1.82, 2.24) is 0 Å². The molecule has 0 saturated heterocycles. The summed E-state index contributed by atoms with van der Waals surface area (Å²) in [5.41, 5.74) is 1.23. The van der Waals surface area contributed by atoms with E-state index < -0.39 is 16.9 Å². The van der Waals surface area contributed by atoms with Gasteiger partial charge in [-0.3, -0.25) is 10.1 Å². The third-order valence-corrected chi connectivity index (χ3v) is 4.69. The maximum Gasteiger partial charge on any atom is 0.339 e. The highest BCUT2D eigenvalue weighted by atomic mass is 16.6. The predicted octanol–water partition coefficient (Wildman–Crippen LogP) is 5.39. The van der Waals surface area contributed by atoms with Crippen molar-refractivity contribution < 1.29 is 24.0 Å². The van der Waals surface area contributed by atoms with Gasteiger partial charge in [-0.2, -0.15) is 0 Å². The molecule has 2 aromatic carbocycles. The second-order valence-corrected chi connectivity index (χ2v) is 7.05. The van der Waals surface area contributed by atoms with Gasteiger partial charge in [-0.15, -0.1) is 0 Å². The molecule has 0 heterocycles. The number of esters is 2. The number of benzene rings is 2. The molecule has 0 N–H and O–H groups in total. The van der Waals surface area contributed by atoms with Crippen LogP contribution in [-0.2, 0) is 16.1 Å². The van der Waals surface area contributed by atoms with Crippen molar-refractivity contribution in [2.45, 2.75) is 52.6 Å². The van der Waals surface area contributed by atoms with E-state index in [0.29, 0.717) is 17.7 Å². The Labute approximate surface area is 176 Å². The molecule has 7 heteroatoms. The van der Waals surface area contributed by atoms with Gasteiger partial charge in [0, 0.05) is 11.6 Å². The van der Waals surface area contributed by atoms with E-state index in [1.165, 1.54) is 18.2 Å². The lowest BCUT2D eigenvalue weighted by Gasteiger charge is -2.10. The summed E-state index contributed by atoms with van der Waals surface area (Å²) in [6, 6.07) is 10.9. The zero-order valence-corrected chi connectivity index (χ0v) is 17.4. The van der Waals surface area contributed by atoms with Crippen LogP contribution in [0, 0.1) is 17.0 Å². The number of nitro groups is 1. The van der Waals surface area contributed by atoms with Crippen LogP contribution in [0.4, 0.5) is 5.69 Å². The van der Waals surface area contributed by atoms with E-state index in [1.54, 1.807) is 31.2 Å². The minimum Gasteiger partial charge on any atom is -0.462 e. The summed E-state index contributed by atoms with van der Waals surface area (Å²) < 4.78 is 10.6. The van der Waals surface area contributed by atoms with Crippen LogP contribution in [0.3, 0.4) is 0 Å². The number of nitrogens with zero attached hydrogens (tertiary/aromatic N) is 1. The van der Waals surface area contributed by atoms with Crippen LogP contribution >= 0.6 is 0 Å². The van der Waals surface area contributed by atoms with Crippen LogP contribution in [0.2, 0.25) is 0 Å². The Balaban J connectivity index is 1.97. The van der Waals surface area contributed by atoms with Gasteiger partial charge >= 0.3 is 11.9 Å². The van der Waals surface area contributed by atoms with E-state index in [1.807, 2.05) is 0 Å². The first-order valence-electron chi connectivity index (χ1n) is 10.1. The standard InChI is InChI=1S/C23H27NO6/c1-3-4-5-6-9-14-29-22(25)19-10-7-8-11-20(19)23(26)30-16-18-13-12-17(2)21(15-18)24(27)28/h7-8,10-13,15H,3-6,9,14,16H2,1-2H3. The van der Waals surface area contributed by atoms with Gasteiger partial charge < -0.3 is 9.47 Å². The molecule has 0 radical (unpaired) electrons. The summed E-state index contributed by atoms with van der Waals surface area (Å²) in [6.45, 7) is 3.94. The summed E-state index contributed by atoms with van der Waals surface area (Å²) in [5.74, 6) is -1.25.